The molecule has 1 N–H and O–H groups in total. The molecular formula is C11H11NO2. The molecule has 0 bridgehead atoms. The molecule has 0 aliphatic heterocycles. The number of benzene rings is 1. The first-order valence-corrected chi connectivity index (χ1v) is 4.37. The van der Waals surface area contributed by atoms with E-state index in [2.05, 4.69) is 0 Å². The van der Waals surface area contributed by atoms with Gasteiger partial charge in [0.05, 0.1) is 18.4 Å². The van der Waals surface area contributed by atoms with Crippen LogP contribution in [-0.2, 0) is 11.2 Å². The van der Waals surface area contributed by atoms with E-state index in [1.165, 1.54) is 0 Å². The zero-order chi connectivity index (χ0) is 10.4. The SMILES string of the molecule is N#CC(CC(=O)O)Cc1ccccc1. The number of nitriles is 1. The number of carboxylic acids is 1. The van der Waals surface area contributed by atoms with Gasteiger partial charge >= 0.3 is 5.97 Å². The summed E-state index contributed by atoms with van der Waals surface area (Å²) in [6, 6.07) is 11.4. The van der Waals surface area contributed by atoms with Gasteiger partial charge in [0, 0.05) is 0 Å². The quantitative estimate of drug-likeness (QED) is 0.786. The van der Waals surface area contributed by atoms with Crippen LogP contribution < -0.4 is 0 Å². The van der Waals surface area contributed by atoms with Crippen LogP contribution >= 0.6 is 0 Å². The molecule has 0 heterocycles. The Morgan fingerprint density at radius 1 is 1.43 bits per heavy atom. The van der Waals surface area contributed by atoms with Crippen molar-refractivity contribution in [2.24, 2.45) is 5.92 Å². The lowest BCUT2D eigenvalue weighted by atomic mass is 9.98. The maximum Gasteiger partial charge on any atom is 0.304 e. The van der Waals surface area contributed by atoms with Crippen LogP contribution in [0.1, 0.15) is 12.0 Å². The van der Waals surface area contributed by atoms with Crippen molar-refractivity contribution in [3.8, 4) is 6.07 Å². The molecule has 0 amide bonds. The highest BCUT2D eigenvalue weighted by molar-refractivity contribution is 5.67. The molecule has 1 rings (SSSR count). The van der Waals surface area contributed by atoms with Crippen molar-refractivity contribution in [3.63, 3.8) is 0 Å². The van der Waals surface area contributed by atoms with E-state index in [-0.39, 0.29) is 6.42 Å². The number of carbonyl (C=O) groups is 1. The van der Waals surface area contributed by atoms with Crippen LogP contribution in [-0.4, -0.2) is 11.1 Å². The van der Waals surface area contributed by atoms with Crippen molar-refractivity contribution in [1.82, 2.24) is 0 Å². The van der Waals surface area contributed by atoms with Gasteiger partial charge in [-0.2, -0.15) is 5.26 Å². The summed E-state index contributed by atoms with van der Waals surface area (Å²) in [4.78, 5) is 10.4. The van der Waals surface area contributed by atoms with E-state index in [0.29, 0.717) is 6.42 Å². The van der Waals surface area contributed by atoms with Crippen molar-refractivity contribution >= 4 is 5.97 Å². The molecule has 0 saturated carbocycles. The summed E-state index contributed by atoms with van der Waals surface area (Å²) in [6.07, 6.45) is 0.412. The van der Waals surface area contributed by atoms with Crippen molar-refractivity contribution in [3.05, 3.63) is 35.9 Å². The molecule has 0 aliphatic carbocycles. The molecule has 0 aromatic heterocycles. The first-order chi connectivity index (χ1) is 6.72. The fourth-order valence-electron chi connectivity index (χ4n) is 1.27. The van der Waals surface area contributed by atoms with E-state index in [4.69, 9.17) is 10.4 Å². The Labute approximate surface area is 82.6 Å². The molecule has 1 atom stereocenters. The van der Waals surface area contributed by atoms with Gasteiger partial charge < -0.3 is 5.11 Å². The molecule has 0 aliphatic rings. The molecule has 14 heavy (non-hydrogen) atoms. The third kappa shape index (κ3) is 3.28. The first kappa shape index (κ1) is 10.3. The van der Waals surface area contributed by atoms with Gasteiger partial charge in [-0.05, 0) is 12.0 Å². The Hall–Kier alpha value is -1.82. The van der Waals surface area contributed by atoms with Gasteiger partial charge in [-0.25, -0.2) is 0 Å². The second-order valence-electron chi connectivity index (χ2n) is 3.11. The molecule has 0 saturated heterocycles. The lowest BCUT2D eigenvalue weighted by Crippen LogP contribution is -2.08. The largest absolute Gasteiger partial charge is 0.481 e. The van der Waals surface area contributed by atoms with Gasteiger partial charge in [0.15, 0.2) is 0 Å². The predicted octanol–water partition coefficient (Wildman–Crippen LogP) is 1.84. The summed E-state index contributed by atoms with van der Waals surface area (Å²) in [5.41, 5.74) is 1.00. The number of hydrogen-bond acceptors (Lipinski definition) is 2. The second kappa shape index (κ2) is 5.03. The molecule has 72 valence electrons. The van der Waals surface area contributed by atoms with E-state index >= 15 is 0 Å². The first-order valence-electron chi connectivity index (χ1n) is 4.37. The highest BCUT2D eigenvalue weighted by Gasteiger charge is 2.12. The van der Waals surface area contributed by atoms with E-state index in [1.54, 1.807) is 0 Å². The van der Waals surface area contributed by atoms with Crippen LogP contribution in [0, 0.1) is 17.2 Å². The molecule has 1 aromatic rings. The second-order valence-corrected chi connectivity index (χ2v) is 3.11. The standard InChI is InChI=1S/C11H11NO2/c12-8-10(7-11(13)14)6-9-4-2-1-3-5-9/h1-5,10H,6-7H2,(H,13,14). The third-order valence-electron chi connectivity index (χ3n) is 1.93. The Morgan fingerprint density at radius 3 is 2.57 bits per heavy atom. The van der Waals surface area contributed by atoms with E-state index in [9.17, 15) is 4.79 Å². The lowest BCUT2D eigenvalue weighted by Gasteiger charge is -2.05. The predicted molar refractivity (Wildman–Crippen MR) is 51.5 cm³/mol. The highest BCUT2D eigenvalue weighted by atomic mass is 16.4. The average molecular weight is 189 g/mol. The number of rotatable bonds is 4. The number of hydrogen-bond donors (Lipinski definition) is 1. The van der Waals surface area contributed by atoms with Gasteiger partial charge in [-0.15, -0.1) is 0 Å². The summed E-state index contributed by atoms with van der Waals surface area (Å²) in [5, 5.41) is 17.3. The minimum absolute atomic E-state index is 0.0919. The van der Waals surface area contributed by atoms with Crippen LogP contribution in [0.5, 0.6) is 0 Å². The zero-order valence-corrected chi connectivity index (χ0v) is 7.68. The summed E-state index contributed by atoms with van der Waals surface area (Å²) in [7, 11) is 0. The number of aliphatic carboxylic acids is 1. The Balaban J connectivity index is 2.58. The van der Waals surface area contributed by atoms with Crippen molar-refractivity contribution in [2.75, 3.05) is 0 Å². The van der Waals surface area contributed by atoms with Gasteiger partial charge in [0.2, 0.25) is 0 Å². The van der Waals surface area contributed by atoms with Crippen LogP contribution in [0.3, 0.4) is 0 Å². The van der Waals surface area contributed by atoms with Crippen molar-refractivity contribution in [2.45, 2.75) is 12.8 Å². The molecule has 0 fully saturated rings. The molecule has 0 radical (unpaired) electrons. The van der Waals surface area contributed by atoms with Crippen LogP contribution in [0.25, 0.3) is 0 Å². The van der Waals surface area contributed by atoms with Crippen molar-refractivity contribution < 1.29 is 9.90 Å². The third-order valence-corrected chi connectivity index (χ3v) is 1.93. The van der Waals surface area contributed by atoms with Crippen molar-refractivity contribution in [1.29, 1.82) is 5.26 Å². The fraction of sp³-hybridized carbons (Fsp3) is 0.273. The maximum atomic E-state index is 10.4. The Morgan fingerprint density at radius 2 is 2.07 bits per heavy atom. The van der Waals surface area contributed by atoms with E-state index in [0.717, 1.165) is 5.56 Å². The number of nitrogens with zero attached hydrogens (tertiary/aromatic N) is 1. The summed E-state index contributed by atoms with van der Waals surface area (Å²) < 4.78 is 0. The minimum Gasteiger partial charge on any atom is -0.481 e. The molecule has 0 spiro atoms. The smallest absolute Gasteiger partial charge is 0.304 e. The molecule has 3 heteroatoms. The Bertz CT molecular complexity index is 340. The normalized spacial score (nSPS) is 11.6. The summed E-state index contributed by atoms with van der Waals surface area (Å²) in [5.74, 6) is -1.36. The number of carboxylic acid groups (broad SMARTS) is 1. The van der Waals surface area contributed by atoms with E-state index in [1.807, 2.05) is 36.4 Å². The molecule has 1 unspecified atom stereocenters. The topological polar surface area (TPSA) is 61.1 Å². The molecular weight excluding hydrogens is 178 g/mol. The summed E-state index contributed by atoms with van der Waals surface area (Å²) >= 11 is 0. The Kier molecular flexibility index (Phi) is 3.69. The van der Waals surface area contributed by atoms with Gasteiger partial charge in [-0.3, -0.25) is 4.79 Å². The van der Waals surface area contributed by atoms with Gasteiger partial charge in [0.1, 0.15) is 0 Å². The minimum atomic E-state index is -0.924. The maximum absolute atomic E-state index is 10.4. The zero-order valence-electron chi connectivity index (χ0n) is 7.68. The fourth-order valence-corrected chi connectivity index (χ4v) is 1.27. The average Bonchev–Trinajstić information content (AvgIpc) is 2.17. The van der Waals surface area contributed by atoms with Crippen LogP contribution in [0.2, 0.25) is 0 Å². The lowest BCUT2D eigenvalue weighted by molar-refractivity contribution is -0.137. The molecule has 3 nitrogen and oxygen atoms in total. The monoisotopic (exact) mass is 189 g/mol. The summed E-state index contributed by atoms with van der Waals surface area (Å²) in [6.45, 7) is 0. The van der Waals surface area contributed by atoms with Gasteiger partial charge in [-0.1, -0.05) is 30.3 Å². The van der Waals surface area contributed by atoms with Crippen LogP contribution in [0.4, 0.5) is 0 Å². The van der Waals surface area contributed by atoms with Gasteiger partial charge in [0.25, 0.3) is 0 Å². The molecule has 1 aromatic carbocycles. The van der Waals surface area contributed by atoms with E-state index < -0.39 is 11.9 Å². The highest BCUT2D eigenvalue weighted by Crippen LogP contribution is 2.11. The van der Waals surface area contributed by atoms with Crippen LogP contribution in [0.15, 0.2) is 30.3 Å².